The van der Waals surface area contributed by atoms with Gasteiger partial charge in [0, 0.05) is 0 Å². The number of aromatic nitrogens is 1. The van der Waals surface area contributed by atoms with Gasteiger partial charge in [0.2, 0.25) is 11.7 Å². The molecule has 0 saturated heterocycles. The van der Waals surface area contributed by atoms with Gasteiger partial charge in [-0.05, 0) is 55.4 Å². The van der Waals surface area contributed by atoms with Crippen molar-refractivity contribution in [3.05, 3.63) is 43.2 Å². The zero-order valence-corrected chi connectivity index (χ0v) is 14.3. The van der Waals surface area contributed by atoms with E-state index in [1.54, 1.807) is 18.2 Å². The third kappa shape index (κ3) is 2.55. The van der Waals surface area contributed by atoms with E-state index in [0.29, 0.717) is 25.2 Å². The van der Waals surface area contributed by atoms with Crippen LogP contribution in [0.4, 0.5) is 0 Å². The van der Waals surface area contributed by atoms with Gasteiger partial charge < -0.3 is 9.72 Å². The first-order valence-electron chi connectivity index (χ1n) is 6.43. The minimum Gasteiger partial charge on any atom is -0.438 e. The lowest BCUT2D eigenvalue weighted by molar-refractivity contribution is 0.103. The summed E-state index contributed by atoms with van der Waals surface area (Å²) in [6, 6.07) is 3.59. The molecule has 3 rings (SSSR count). The number of ether oxygens (including phenoxy) is 1. The number of carbonyl (C=O) groups is 1. The molecule has 1 aromatic carbocycles. The number of carbonyl (C=O) groups excluding carboxylic acids is 1. The molecule has 2 N–H and O–H groups in total. The number of ketones is 1. The molecule has 0 aliphatic carbocycles. The molecule has 0 spiro atoms. The SMILES string of the molecule is Cc1cc2c(cc1C)C(=O)C(=Cc1sc(=S)[nH]c1S)C(=N)O2. The number of H-pyrrole nitrogens is 1. The molecule has 7 heteroatoms. The molecular weight excluding hydrogens is 336 g/mol. The molecule has 0 amide bonds. The first kappa shape index (κ1) is 15.2. The van der Waals surface area contributed by atoms with E-state index in [1.807, 2.05) is 13.8 Å². The summed E-state index contributed by atoms with van der Waals surface area (Å²) in [6.07, 6.45) is 1.60. The minimum atomic E-state index is -0.221. The number of hydrogen-bond acceptors (Lipinski definition) is 6. The molecule has 2 heterocycles. The van der Waals surface area contributed by atoms with E-state index in [-0.39, 0.29) is 17.3 Å². The second-order valence-electron chi connectivity index (χ2n) is 4.98. The maximum atomic E-state index is 12.7. The summed E-state index contributed by atoms with van der Waals surface area (Å²) >= 11 is 10.6. The van der Waals surface area contributed by atoms with Gasteiger partial charge in [0.05, 0.1) is 21.0 Å². The second-order valence-corrected chi connectivity index (χ2v) is 7.14. The Morgan fingerprint density at radius 2 is 2.05 bits per heavy atom. The summed E-state index contributed by atoms with van der Waals surface area (Å²) < 4.78 is 6.08. The Morgan fingerprint density at radius 3 is 2.68 bits per heavy atom. The minimum absolute atomic E-state index is 0.159. The summed E-state index contributed by atoms with van der Waals surface area (Å²) in [6.45, 7) is 3.88. The topological polar surface area (TPSA) is 65.9 Å². The summed E-state index contributed by atoms with van der Waals surface area (Å²) in [7, 11) is 0. The molecule has 0 atom stereocenters. The van der Waals surface area contributed by atoms with Crippen molar-refractivity contribution in [2.45, 2.75) is 18.9 Å². The van der Waals surface area contributed by atoms with Gasteiger partial charge in [-0.15, -0.1) is 24.0 Å². The molecular formula is C15H12N2O2S3. The van der Waals surface area contributed by atoms with Crippen LogP contribution >= 0.6 is 36.2 Å². The van der Waals surface area contributed by atoms with E-state index in [4.69, 9.17) is 22.4 Å². The lowest BCUT2D eigenvalue weighted by Crippen LogP contribution is -2.24. The van der Waals surface area contributed by atoms with Crippen molar-refractivity contribution in [3.63, 3.8) is 0 Å². The predicted octanol–water partition coefficient (Wildman–Crippen LogP) is 4.35. The zero-order valence-electron chi connectivity index (χ0n) is 11.8. The van der Waals surface area contributed by atoms with Crippen LogP contribution in [0.2, 0.25) is 0 Å². The predicted molar refractivity (Wildman–Crippen MR) is 93.3 cm³/mol. The summed E-state index contributed by atoms with van der Waals surface area (Å²) in [5.74, 6) is 0.0530. The van der Waals surface area contributed by atoms with E-state index < -0.39 is 0 Å². The third-order valence-corrected chi connectivity index (χ3v) is 5.16. The summed E-state index contributed by atoms with van der Waals surface area (Å²) in [5, 5.41) is 8.57. The van der Waals surface area contributed by atoms with Gasteiger partial charge in [0.25, 0.3) is 0 Å². The zero-order chi connectivity index (χ0) is 16.0. The monoisotopic (exact) mass is 348 g/mol. The van der Waals surface area contributed by atoms with E-state index >= 15 is 0 Å². The molecule has 0 unspecified atom stereocenters. The molecule has 4 nitrogen and oxygen atoms in total. The second kappa shape index (κ2) is 5.49. The van der Waals surface area contributed by atoms with Crippen LogP contribution in [0.15, 0.2) is 22.7 Å². The van der Waals surface area contributed by atoms with Gasteiger partial charge in [-0.2, -0.15) is 0 Å². The van der Waals surface area contributed by atoms with Gasteiger partial charge >= 0.3 is 0 Å². The largest absolute Gasteiger partial charge is 0.438 e. The van der Waals surface area contributed by atoms with Crippen LogP contribution in [0, 0.1) is 23.2 Å². The Kier molecular flexibility index (Phi) is 3.80. The van der Waals surface area contributed by atoms with Gasteiger partial charge in [-0.3, -0.25) is 10.2 Å². The number of fused-ring (bicyclic) bond motifs is 1. The Balaban J connectivity index is 2.13. The van der Waals surface area contributed by atoms with Crippen molar-refractivity contribution in [3.8, 4) is 5.75 Å². The number of thiazole rings is 1. The number of benzene rings is 1. The van der Waals surface area contributed by atoms with Gasteiger partial charge in [0.1, 0.15) is 5.75 Å². The van der Waals surface area contributed by atoms with Crippen molar-refractivity contribution < 1.29 is 9.53 Å². The normalized spacial score (nSPS) is 15.9. The number of Topliss-reactive ketones (excluding diaryl/α,β-unsaturated/α-hetero) is 1. The van der Waals surface area contributed by atoms with E-state index in [0.717, 1.165) is 11.1 Å². The maximum Gasteiger partial charge on any atom is 0.223 e. The van der Waals surface area contributed by atoms with Gasteiger partial charge in [-0.25, -0.2) is 0 Å². The van der Waals surface area contributed by atoms with Gasteiger partial charge in [0.15, 0.2) is 3.95 Å². The van der Waals surface area contributed by atoms with Crippen LogP contribution in [-0.4, -0.2) is 16.7 Å². The average molecular weight is 348 g/mol. The highest BCUT2D eigenvalue weighted by molar-refractivity contribution is 7.80. The standard InChI is InChI=1S/C15H12N2O2S3/c1-6-3-8-10(4-7(6)2)19-13(16)9(12(8)18)5-11-14(20)17-15(21)22-11/h3-5,16,20H,1-2H3,(H,17,21). The van der Waals surface area contributed by atoms with Crippen LogP contribution in [0.3, 0.4) is 0 Å². The quantitative estimate of drug-likeness (QED) is 0.408. The fourth-order valence-corrected chi connectivity index (χ4v) is 3.67. The van der Waals surface area contributed by atoms with Crippen molar-refractivity contribution >= 4 is 53.9 Å². The van der Waals surface area contributed by atoms with Crippen molar-refractivity contribution in [2.75, 3.05) is 0 Å². The lowest BCUT2D eigenvalue weighted by atomic mass is 9.95. The summed E-state index contributed by atoms with van der Waals surface area (Å²) in [4.78, 5) is 16.3. The highest BCUT2D eigenvalue weighted by Gasteiger charge is 2.29. The number of rotatable bonds is 1. The van der Waals surface area contributed by atoms with Crippen molar-refractivity contribution in [2.24, 2.45) is 0 Å². The van der Waals surface area contributed by atoms with E-state index in [9.17, 15) is 4.79 Å². The highest BCUT2D eigenvalue weighted by Crippen LogP contribution is 2.32. The lowest BCUT2D eigenvalue weighted by Gasteiger charge is -2.20. The summed E-state index contributed by atoms with van der Waals surface area (Å²) in [5.41, 5.74) is 2.71. The maximum absolute atomic E-state index is 12.7. The van der Waals surface area contributed by atoms with Crippen LogP contribution in [-0.2, 0) is 0 Å². The molecule has 1 aliphatic heterocycles. The molecule has 1 aromatic heterocycles. The molecule has 2 aromatic rings. The molecule has 22 heavy (non-hydrogen) atoms. The number of thiol groups is 1. The molecule has 1 aliphatic rings. The Hall–Kier alpha value is -1.70. The smallest absolute Gasteiger partial charge is 0.223 e. The molecule has 0 radical (unpaired) electrons. The fraction of sp³-hybridized carbons (Fsp3) is 0.133. The van der Waals surface area contributed by atoms with Crippen LogP contribution in [0.5, 0.6) is 5.75 Å². The Bertz CT molecular complexity index is 906. The number of aromatic amines is 1. The van der Waals surface area contributed by atoms with Crippen LogP contribution in [0.25, 0.3) is 6.08 Å². The van der Waals surface area contributed by atoms with Crippen LogP contribution in [0.1, 0.15) is 26.4 Å². The van der Waals surface area contributed by atoms with E-state index in [1.165, 1.54) is 11.3 Å². The molecule has 0 saturated carbocycles. The highest BCUT2D eigenvalue weighted by atomic mass is 32.1. The molecule has 0 bridgehead atoms. The van der Waals surface area contributed by atoms with Crippen LogP contribution < -0.4 is 4.74 Å². The van der Waals surface area contributed by atoms with E-state index in [2.05, 4.69) is 17.6 Å². The number of hydrogen-bond donors (Lipinski definition) is 3. The molecule has 0 fully saturated rings. The molecule has 112 valence electrons. The Labute approximate surface area is 141 Å². The Morgan fingerprint density at radius 1 is 1.36 bits per heavy atom. The van der Waals surface area contributed by atoms with Crippen molar-refractivity contribution in [1.82, 2.24) is 4.98 Å². The number of nitrogens with one attached hydrogen (secondary N) is 2. The third-order valence-electron chi connectivity index (χ3n) is 3.47. The fourth-order valence-electron chi connectivity index (χ4n) is 2.16. The first-order valence-corrected chi connectivity index (χ1v) is 8.10. The average Bonchev–Trinajstić information content (AvgIpc) is 2.75. The first-order chi connectivity index (χ1) is 10.4. The number of aryl methyl sites for hydroxylation is 2. The van der Waals surface area contributed by atoms with Crippen molar-refractivity contribution in [1.29, 1.82) is 5.41 Å². The van der Waals surface area contributed by atoms with Gasteiger partial charge in [-0.1, -0.05) is 0 Å².